The fourth-order valence-electron chi connectivity index (χ4n) is 2.04. The number of nitrogens with zero attached hydrogens (tertiary/aromatic N) is 1. The van der Waals surface area contributed by atoms with Crippen molar-refractivity contribution in [3.05, 3.63) is 51.7 Å². The fraction of sp³-hybridized carbons (Fsp3) is 0.333. The predicted molar refractivity (Wildman–Crippen MR) is 82.2 cm³/mol. The fourth-order valence-corrected chi connectivity index (χ4v) is 2.30. The molecule has 0 spiro atoms. The van der Waals surface area contributed by atoms with Crippen molar-refractivity contribution in [3.63, 3.8) is 0 Å². The normalized spacial score (nSPS) is 12.1. The largest absolute Gasteiger partial charge is 0.491 e. The minimum atomic E-state index is -0.151. The molecule has 1 atom stereocenters. The molecule has 0 amide bonds. The van der Waals surface area contributed by atoms with Crippen molar-refractivity contribution in [2.24, 2.45) is 0 Å². The highest BCUT2D eigenvalue weighted by Gasteiger charge is 2.04. The van der Waals surface area contributed by atoms with Gasteiger partial charge >= 0.3 is 0 Å². The highest BCUT2D eigenvalue weighted by molar-refractivity contribution is 7.71. The summed E-state index contributed by atoms with van der Waals surface area (Å²) in [6.45, 7) is 4.18. The van der Waals surface area contributed by atoms with Crippen LogP contribution in [0.25, 0.3) is 5.69 Å². The van der Waals surface area contributed by atoms with E-state index in [-0.39, 0.29) is 11.7 Å². The first-order valence-electron chi connectivity index (χ1n) is 6.69. The summed E-state index contributed by atoms with van der Waals surface area (Å²) in [5, 5.41) is 0. The lowest BCUT2D eigenvalue weighted by atomic mass is 10.2. The second-order valence-corrected chi connectivity index (χ2v) is 5.05. The summed E-state index contributed by atoms with van der Waals surface area (Å²) in [7, 11) is 0. The monoisotopic (exact) mass is 290 g/mol. The van der Waals surface area contributed by atoms with E-state index in [1.165, 1.54) is 10.6 Å². The zero-order valence-electron chi connectivity index (χ0n) is 11.6. The quantitative estimate of drug-likeness (QED) is 0.858. The topological polar surface area (TPSA) is 47.0 Å². The van der Waals surface area contributed by atoms with Crippen molar-refractivity contribution in [1.82, 2.24) is 9.55 Å². The third-order valence-electron chi connectivity index (χ3n) is 2.98. The lowest BCUT2D eigenvalue weighted by Gasteiger charge is -2.14. The van der Waals surface area contributed by atoms with E-state index >= 15 is 0 Å². The van der Waals surface area contributed by atoms with Gasteiger partial charge in [0.1, 0.15) is 5.75 Å². The van der Waals surface area contributed by atoms with E-state index in [0.29, 0.717) is 4.77 Å². The van der Waals surface area contributed by atoms with E-state index in [4.69, 9.17) is 17.0 Å². The number of hydrogen-bond acceptors (Lipinski definition) is 3. The van der Waals surface area contributed by atoms with E-state index in [9.17, 15) is 4.79 Å². The first-order chi connectivity index (χ1) is 9.61. The molecule has 0 saturated heterocycles. The second-order valence-electron chi connectivity index (χ2n) is 4.67. The number of aromatic nitrogens is 2. The Kier molecular flexibility index (Phi) is 4.74. The molecule has 0 bridgehead atoms. The average molecular weight is 290 g/mol. The first-order valence-corrected chi connectivity index (χ1v) is 7.10. The van der Waals surface area contributed by atoms with E-state index in [2.05, 4.69) is 18.8 Å². The molecule has 0 saturated carbocycles. The number of aromatic amines is 1. The first kappa shape index (κ1) is 14.5. The van der Waals surface area contributed by atoms with Gasteiger partial charge in [-0.2, -0.15) is 0 Å². The van der Waals surface area contributed by atoms with Gasteiger partial charge in [0.25, 0.3) is 5.56 Å². The van der Waals surface area contributed by atoms with Crippen molar-refractivity contribution < 1.29 is 4.74 Å². The van der Waals surface area contributed by atoms with Crippen molar-refractivity contribution in [3.8, 4) is 11.4 Å². The van der Waals surface area contributed by atoms with Gasteiger partial charge in [-0.25, -0.2) is 0 Å². The lowest BCUT2D eigenvalue weighted by Crippen LogP contribution is -2.18. The molecule has 0 aliphatic carbocycles. The van der Waals surface area contributed by atoms with Gasteiger partial charge in [-0.3, -0.25) is 9.36 Å². The smallest absolute Gasteiger partial charge is 0.258 e. The SMILES string of the molecule is CCC[C@@H](C)Oc1ccc(-n2c(=O)cc[nH]c2=S)cc1. The van der Waals surface area contributed by atoms with Gasteiger partial charge in [0, 0.05) is 12.3 Å². The Bertz CT molecular complexity index is 645. The molecule has 2 aromatic rings. The molecule has 1 N–H and O–H groups in total. The van der Waals surface area contributed by atoms with E-state index < -0.39 is 0 Å². The minimum Gasteiger partial charge on any atom is -0.491 e. The molecule has 1 heterocycles. The van der Waals surface area contributed by atoms with Crippen LogP contribution in [0.2, 0.25) is 0 Å². The van der Waals surface area contributed by atoms with Crippen molar-refractivity contribution in [1.29, 1.82) is 0 Å². The summed E-state index contributed by atoms with van der Waals surface area (Å²) in [5.41, 5.74) is 0.578. The highest BCUT2D eigenvalue weighted by atomic mass is 32.1. The van der Waals surface area contributed by atoms with Crippen LogP contribution in [-0.4, -0.2) is 15.7 Å². The Morgan fingerprint density at radius 1 is 1.30 bits per heavy atom. The Labute approximate surface area is 123 Å². The molecule has 0 radical (unpaired) electrons. The van der Waals surface area contributed by atoms with Gasteiger partial charge in [0.15, 0.2) is 4.77 Å². The number of hydrogen-bond donors (Lipinski definition) is 1. The Morgan fingerprint density at radius 2 is 2.00 bits per heavy atom. The van der Waals surface area contributed by atoms with Gasteiger partial charge < -0.3 is 9.72 Å². The van der Waals surface area contributed by atoms with Crippen LogP contribution in [0.3, 0.4) is 0 Å². The third-order valence-corrected chi connectivity index (χ3v) is 3.28. The summed E-state index contributed by atoms with van der Waals surface area (Å²) >= 11 is 5.13. The second kappa shape index (κ2) is 6.52. The summed E-state index contributed by atoms with van der Waals surface area (Å²) < 4.78 is 7.62. The maximum absolute atomic E-state index is 11.8. The molecule has 0 fully saturated rings. The molecule has 4 nitrogen and oxygen atoms in total. The Hall–Kier alpha value is -1.88. The van der Waals surface area contributed by atoms with Gasteiger partial charge in [-0.15, -0.1) is 0 Å². The minimum absolute atomic E-state index is 0.151. The molecule has 0 aliphatic rings. The van der Waals surface area contributed by atoms with Crippen LogP contribution in [0.4, 0.5) is 0 Å². The van der Waals surface area contributed by atoms with Crippen molar-refractivity contribution in [2.45, 2.75) is 32.8 Å². The maximum Gasteiger partial charge on any atom is 0.258 e. The Morgan fingerprint density at radius 3 is 2.60 bits per heavy atom. The molecule has 0 unspecified atom stereocenters. The summed E-state index contributed by atoms with van der Waals surface area (Å²) in [5.74, 6) is 0.800. The van der Waals surface area contributed by atoms with E-state index in [1.807, 2.05) is 24.3 Å². The van der Waals surface area contributed by atoms with Gasteiger partial charge in [0.05, 0.1) is 11.8 Å². The summed E-state index contributed by atoms with van der Waals surface area (Å²) in [4.78, 5) is 14.7. The number of rotatable bonds is 5. The average Bonchev–Trinajstić information content (AvgIpc) is 2.40. The predicted octanol–water partition coefficient (Wildman–Crippen LogP) is 3.46. The zero-order valence-corrected chi connectivity index (χ0v) is 12.4. The van der Waals surface area contributed by atoms with Crippen LogP contribution >= 0.6 is 12.2 Å². The standard InChI is InChI=1S/C15H18N2O2S/c1-3-4-11(2)19-13-7-5-12(6-8-13)17-14(18)9-10-16-15(17)20/h5-11H,3-4H2,1-2H3,(H,16,20)/t11-/m1/s1. The van der Waals surface area contributed by atoms with Gasteiger partial charge in [0.2, 0.25) is 0 Å². The lowest BCUT2D eigenvalue weighted by molar-refractivity contribution is 0.210. The number of nitrogens with one attached hydrogen (secondary N) is 1. The van der Waals surface area contributed by atoms with E-state index in [0.717, 1.165) is 24.3 Å². The highest BCUT2D eigenvalue weighted by Crippen LogP contribution is 2.17. The number of H-pyrrole nitrogens is 1. The molecule has 20 heavy (non-hydrogen) atoms. The summed E-state index contributed by atoms with van der Waals surface area (Å²) in [6.07, 6.45) is 3.84. The van der Waals surface area contributed by atoms with Crippen LogP contribution in [0.5, 0.6) is 5.75 Å². The zero-order chi connectivity index (χ0) is 14.5. The van der Waals surface area contributed by atoms with Crippen LogP contribution < -0.4 is 10.3 Å². The molecule has 5 heteroatoms. The number of benzene rings is 1. The van der Waals surface area contributed by atoms with Crippen LogP contribution in [0.15, 0.2) is 41.3 Å². The van der Waals surface area contributed by atoms with Crippen LogP contribution in [-0.2, 0) is 0 Å². The summed E-state index contributed by atoms with van der Waals surface area (Å²) in [6, 6.07) is 8.83. The van der Waals surface area contributed by atoms with Gasteiger partial charge in [-0.05, 0) is 49.8 Å². The number of ether oxygens (including phenoxy) is 1. The molecule has 0 aliphatic heterocycles. The third kappa shape index (κ3) is 3.36. The molecular formula is C15H18N2O2S. The van der Waals surface area contributed by atoms with Crippen LogP contribution in [0.1, 0.15) is 26.7 Å². The van der Waals surface area contributed by atoms with Crippen molar-refractivity contribution in [2.75, 3.05) is 0 Å². The van der Waals surface area contributed by atoms with Gasteiger partial charge in [-0.1, -0.05) is 13.3 Å². The molecule has 2 rings (SSSR count). The molecular weight excluding hydrogens is 272 g/mol. The molecule has 1 aromatic heterocycles. The Balaban J connectivity index is 2.25. The van der Waals surface area contributed by atoms with Crippen molar-refractivity contribution >= 4 is 12.2 Å². The van der Waals surface area contributed by atoms with E-state index in [1.54, 1.807) is 6.20 Å². The molecule has 1 aromatic carbocycles. The van der Waals surface area contributed by atoms with Crippen LogP contribution in [0, 0.1) is 4.77 Å². The maximum atomic E-state index is 11.8. The molecule has 106 valence electrons.